The average Bonchev–Trinajstić information content (AvgIpc) is 3.30. The number of thioether (sulfide) groups is 1. The van der Waals surface area contributed by atoms with Gasteiger partial charge >= 0.3 is 0 Å². The topological polar surface area (TPSA) is 134 Å². The maximum Gasteiger partial charge on any atom is 0.270 e. The highest BCUT2D eigenvalue weighted by Gasteiger charge is 2.23. The fraction of sp³-hybridized carbons (Fsp3) is 0.238. The van der Waals surface area contributed by atoms with Crippen molar-refractivity contribution in [1.82, 2.24) is 10.2 Å². The predicted molar refractivity (Wildman–Crippen MR) is 125 cm³/mol. The molecule has 4 rings (SSSR count). The van der Waals surface area contributed by atoms with E-state index in [0.29, 0.717) is 52.8 Å². The number of morpholine rings is 1. The van der Waals surface area contributed by atoms with Crippen LogP contribution in [0.15, 0.2) is 46.8 Å². The van der Waals surface area contributed by atoms with Crippen molar-refractivity contribution >= 4 is 45.5 Å². The molecule has 0 spiro atoms. The van der Waals surface area contributed by atoms with Gasteiger partial charge in [-0.05, 0) is 23.8 Å². The van der Waals surface area contributed by atoms with Gasteiger partial charge in [0.15, 0.2) is 4.34 Å². The summed E-state index contributed by atoms with van der Waals surface area (Å²) < 4.78 is 6.03. The molecule has 33 heavy (non-hydrogen) atoms. The van der Waals surface area contributed by atoms with Crippen LogP contribution in [0.2, 0.25) is 0 Å². The number of nitriles is 1. The van der Waals surface area contributed by atoms with Crippen molar-refractivity contribution in [3.63, 3.8) is 0 Å². The first kappa shape index (κ1) is 22.7. The highest BCUT2D eigenvalue weighted by Crippen LogP contribution is 2.30. The van der Waals surface area contributed by atoms with E-state index in [-0.39, 0.29) is 11.3 Å². The first-order valence-corrected chi connectivity index (χ1v) is 11.7. The van der Waals surface area contributed by atoms with Crippen molar-refractivity contribution in [2.45, 2.75) is 10.1 Å². The number of ether oxygens (including phenoxy) is 1. The molecular formula is C21H18N6O4S2. The Labute approximate surface area is 197 Å². The molecule has 10 nitrogen and oxygen atoms in total. The fourth-order valence-electron chi connectivity index (χ4n) is 3.20. The molecule has 168 valence electrons. The smallest absolute Gasteiger partial charge is 0.270 e. The number of carbonyl (C=O) groups excluding carboxylic acids is 1. The minimum atomic E-state index is -0.525. The van der Waals surface area contributed by atoms with Gasteiger partial charge < -0.3 is 9.64 Å². The van der Waals surface area contributed by atoms with Gasteiger partial charge in [0.05, 0.1) is 41.0 Å². The number of anilines is 2. The summed E-state index contributed by atoms with van der Waals surface area (Å²) in [5.41, 5.74) is 2.29. The molecular weight excluding hydrogens is 464 g/mol. The summed E-state index contributed by atoms with van der Waals surface area (Å²) in [4.78, 5) is 25.7. The quantitative estimate of drug-likeness (QED) is 0.231. The van der Waals surface area contributed by atoms with E-state index in [1.54, 1.807) is 18.2 Å². The number of nitro groups is 1. The second kappa shape index (κ2) is 10.4. The van der Waals surface area contributed by atoms with Gasteiger partial charge in [-0.3, -0.25) is 20.2 Å². The highest BCUT2D eigenvalue weighted by atomic mass is 32.2. The van der Waals surface area contributed by atoms with Crippen molar-refractivity contribution in [2.75, 3.05) is 36.5 Å². The molecule has 1 aliphatic heterocycles. The second-order valence-electron chi connectivity index (χ2n) is 6.98. The summed E-state index contributed by atoms with van der Waals surface area (Å²) in [5, 5.41) is 31.3. The Kier molecular flexibility index (Phi) is 7.13. The lowest BCUT2D eigenvalue weighted by molar-refractivity contribution is -0.384. The summed E-state index contributed by atoms with van der Waals surface area (Å²) in [5.74, 6) is 0.153. The van der Waals surface area contributed by atoms with Crippen LogP contribution in [0.3, 0.4) is 0 Å². The third kappa shape index (κ3) is 5.64. The Balaban J connectivity index is 1.46. The Bertz CT molecular complexity index is 1200. The molecule has 1 aliphatic rings. The van der Waals surface area contributed by atoms with E-state index in [1.165, 1.54) is 35.2 Å². The molecule has 1 amide bonds. The molecule has 1 saturated heterocycles. The Hall–Kier alpha value is -3.53. The molecule has 0 unspecified atom stereocenters. The number of nitro benzene ring substituents is 1. The number of aromatic nitrogens is 2. The molecule has 2 aromatic carbocycles. The second-order valence-corrected chi connectivity index (χ2v) is 9.18. The van der Waals surface area contributed by atoms with Crippen LogP contribution in [0.5, 0.6) is 0 Å². The molecule has 12 heteroatoms. The molecule has 3 aromatic rings. The normalized spacial score (nSPS) is 13.4. The van der Waals surface area contributed by atoms with Crippen LogP contribution >= 0.6 is 23.1 Å². The largest absolute Gasteiger partial charge is 0.378 e. The number of nitrogens with zero attached hydrogens (tertiary/aromatic N) is 5. The van der Waals surface area contributed by atoms with Crippen molar-refractivity contribution in [3.05, 3.63) is 69.3 Å². The Morgan fingerprint density at radius 3 is 2.70 bits per heavy atom. The molecule has 1 N–H and O–H groups in total. The van der Waals surface area contributed by atoms with E-state index >= 15 is 0 Å². The molecule has 0 aliphatic carbocycles. The van der Waals surface area contributed by atoms with Crippen molar-refractivity contribution in [1.29, 1.82) is 5.26 Å². The van der Waals surface area contributed by atoms with E-state index in [2.05, 4.69) is 21.6 Å². The first-order chi connectivity index (χ1) is 16.0. The number of amides is 1. The maximum atomic E-state index is 13.0. The van der Waals surface area contributed by atoms with Crippen LogP contribution in [0.1, 0.15) is 21.5 Å². The lowest BCUT2D eigenvalue weighted by atomic mass is 10.1. The summed E-state index contributed by atoms with van der Waals surface area (Å²) in [6.07, 6.45) is 0. The maximum absolute atomic E-state index is 13.0. The number of rotatable bonds is 7. The number of carbonyl (C=O) groups is 1. The van der Waals surface area contributed by atoms with Crippen LogP contribution in [-0.4, -0.2) is 47.3 Å². The Morgan fingerprint density at radius 2 is 2.00 bits per heavy atom. The average molecular weight is 483 g/mol. The lowest BCUT2D eigenvalue weighted by Gasteiger charge is -2.30. The Morgan fingerprint density at radius 1 is 1.24 bits per heavy atom. The van der Waals surface area contributed by atoms with Gasteiger partial charge in [0.25, 0.3) is 11.6 Å². The number of hydrogen-bond acceptors (Lipinski definition) is 10. The minimum absolute atomic E-state index is 0.159. The van der Waals surface area contributed by atoms with Crippen molar-refractivity contribution in [2.24, 2.45) is 0 Å². The van der Waals surface area contributed by atoms with Crippen LogP contribution in [-0.2, 0) is 10.5 Å². The predicted octanol–water partition coefficient (Wildman–Crippen LogP) is 3.70. The van der Waals surface area contributed by atoms with Gasteiger partial charge in [0, 0.05) is 31.0 Å². The number of nitrogens with one attached hydrogen (secondary N) is 1. The molecule has 1 aromatic heterocycles. The monoisotopic (exact) mass is 482 g/mol. The van der Waals surface area contributed by atoms with Crippen LogP contribution in [0, 0.1) is 21.4 Å². The third-order valence-corrected chi connectivity index (χ3v) is 6.90. The third-order valence-electron chi connectivity index (χ3n) is 4.86. The van der Waals surface area contributed by atoms with Gasteiger partial charge in [-0.15, -0.1) is 10.2 Å². The molecule has 2 heterocycles. The van der Waals surface area contributed by atoms with Crippen LogP contribution in [0.25, 0.3) is 0 Å². The zero-order valence-electron chi connectivity index (χ0n) is 17.3. The summed E-state index contributed by atoms with van der Waals surface area (Å²) in [7, 11) is 0. The standard InChI is InChI=1S/C21H18N6O4S2/c22-12-14-1-3-15(4-2-14)13-32-21-25-24-20(33-21)23-19(28)17-11-16(27(29)30)5-6-18(17)26-7-9-31-10-8-26/h1-6,11H,7-10,13H2,(H,23,24,28). The minimum Gasteiger partial charge on any atom is -0.378 e. The van der Waals surface area contributed by atoms with Crippen molar-refractivity contribution < 1.29 is 14.5 Å². The molecule has 0 bridgehead atoms. The number of hydrogen-bond donors (Lipinski definition) is 1. The SMILES string of the molecule is N#Cc1ccc(CSc2nnc(NC(=O)c3cc([N+](=O)[O-])ccc3N3CCOCC3)s2)cc1. The van der Waals surface area contributed by atoms with E-state index < -0.39 is 10.8 Å². The summed E-state index contributed by atoms with van der Waals surface area (Å²) >= 11 is 2.69. The fourth-order valence-corrected chi connectivity index (χ4v) is 4.91. The van der Waals surface area contributed by atoms with E-state index in [9.17, 15) is 14.9 Å². The van der Waals surface area contributed by atoms with E-state index in [4.69, 9.17) is 10.00 Å². The van der Waals surface area contributed by atoms with E-state index in [1.807, 2.05) is 17.0 Å². The van der Waals surface area contributed by atoms with Crippen LogP contribution in [0.4, 0.5) is 16.5 Å². The van der Waals surface area contributed by atoms with E-state index in [0.717, 1.165) is 5.56 Å². The molecule has 0 atom stereocenters. The van der Waals surface area contributed by atoms with Gasteiger partial charge in [-0.2, -0.15) is 5.26 Å². The van der Waals surface area contributed by atoms with Gasteiger partial charge in [-0.25, -0.2) is 0 Å². The molecule has 0 saturated carbocycles. The lowest BCUT2D eigenvalue weighted by Crippen LogP contribution is -2.37. The van der Waals surface area contributed by atoms with Gasteiger partial charge in [0.2, 0.25) is 5.13 Å². The number of non-ortho nitro benzene ring substituents is 1. The highest BCUT2D eigenvalue weighted by molar-refractivity contribution is 8.00. The van der Waals surface area contributed by atoms with Gasteiger partial charge in [0.1, 0.15) is 0 Å². The molecule has 1 fully saturated rings. The first-order valence-electron chi connectivity index (χ1n) is 9.91. The number of benzene rings is 2. The summed E-state index contributed by atoms with van der Waals surface area (Å²) in [6.45, 7) is 2.22. The van der Waals surface area contributed by atoms with Crippen LogP contribution < -0.4 is 10.2 Å². The zero-order chi connectivity index (χ0) is 23.2. The summed E-state index contributed by atoms with van der Waals surface area (Å²) in [6, 6.07) is 13.6. The van der Waals surface area contributed by atoms with Crippen molar-refractivity contribution in [3.8, 4) is 6.07 Å². The van der Waals surface area contributed by atoms with Gasteiger partial charge in [-0.1, -0.05) is 35.2 Å². The zero-order valence-corrected chi connectivity index (χ0v) is 18.9. The molecule has 0 radical (unpaired) electrons.